The first kappa shape index (κ1) is 13.6. The van der Waals surface area contributed by atoms with Crippen LogP contribution in [0.5, 0.6) is 0 Å². The number of anilines is 3. The summed E-state index contributed by atoms with van der Waals surface area (Å²) >= 11 is 1.74. The number of thiophene rings is 1. The quantitative estimate of drug-likeness (QED) is 0.757. The zero-order valence-corrected chi connectivity index (χ0v) is 12.0. The molecule has 19 heavy (non-hydrogen) atoms. The maximum Gasteiger partial charge on any atom is 0.223 e. The number of nitrogen functional groups attached to an aromatic ring is 1. The normalized spacial score (nSPS) is 10.4. The summed E-state index contributed by atoms with van der Waals surface area (Å²) < 4.78 is 0. The van der Waals surface area contributed by atoms with Gasteiger partial charge in [0.1, 0.15) is 11.6 Å². The summed E-state index contributed by atoms with van der Waals surface area (Å²) in [5.41, 5.74) is 7.01. The minimum Gasteiger partial charge on any atom is -0.370 e. The number of hydrogen-bond acceptors (Lipinski definition) is 6. The first-order chi connectivity index (χ1) is 9.19. The van der Waals surface area contributed by atoms with Gasteiger partial charge in [0.25, 0.3) is 0 Å². The van der Waals surface area contributed by atoms with Crippen LogP contribution >= 0.6 is 11.3 Å². The van der Waals surface area contributed by atoms with Crippen molar-refractivity contribution in [3.8, 4) is 0 Å². The topological polar surface area (TPSA) is 75.9 Å². The average Bonchev–Trinajstić information content (AvgIpc) is 2.79. The molecule has 5 nitrogen and oxygen atoms in total. The molecule has 0 bridgehead atoms. The highest BCUT2D eigenvalue weighted by atomic mass is 32.1. The van der Waals surface area contributed by atoms with E-state index in [0.29, 0.717) is 0 Å². The van der Waals surface area contributed by atoms with Crippen LogP contribution in [0.3, 0.4) is 0 Å². The number of aromatic nitrogens is 2. The van der Waals surface area contributed by atoms with Gasteiger partial charge in [0, 0.05) is 17.5 Å². The van der Waals surface area contributed by atoms with Gasteiger partial charge in [-0.1, -0.05) is 6.92 Å². The Labute approximate surface area is 117 Å². The fourth-order valence-corrected chi connectivity index (χ4v) is 2.50. The fourth-order valence-electron chi connectivity index (χ4n) is 1.66. The largest absolute Gasteiger partial charge is 0.370 e. The average molecular weight is 277 g/mol. The van der Waals surface area contributed by atoms with Gasteiger partial charge < -0.3 is 16.4 Å². The number of nitrogens with one attached hydrogen (secondary N) is 2. The van der Waals surface area contributed by atoms with Gasteiger partial charge in [0.2, 0.25) is 5.95 Å². The van der Waals surface area contributed by atoms with E-state index in [1.54, 1.807) is 11.3 Å². The van der Waals surface area contributed by atoms with Gasteiger partial charge in [-0.2, -0.15) is 9.97 Å². The zero-order chi connectivity index (χ0) is 13.7. The molecular weight excluding hydrogens is 258 g/mol. The lowest BCUT2D eigenvalue weighted by Gasteiger charge is -2.09. The number of aryl methyl sites for hydroxylation is 1. The maximum absolute atomic E-state index is 5.71. The summed E-state index contributed by atoms with van der Waals surface area (Å²) in [6.07, 6.45) is 1.04. The lowest BCUT2D eigenvalue weighted by molar-refractivity contribution is 0.965. The van der Waals surface area contributed by atoms with E-state index in [2.05, 4.69) is 45.9 Å². The van der Waals surface area contributed by atoms with Gasteiger partial charge in [-0.3, -0.25) is 0 Å². The van der Waals surface area contributed by atoms with Crippen LogP contribution in [0.2, 0.25) is 0 Å². The first-order valence-corrected chi connectivity index (χ1v) is 7.22. The van der Waals surface area contributed by atoms with E-state index in [1.807, 2.05) is 6.07 Å². The molecule has 2 aromatic heterocycles. The molecule has 0 saturated carbocycles. The van der Waals surface area contributed by atoms with E-state index in [-0.39, 0.29) is 5.95 Å². The second-order valence-corrected chi connectivity index (χ2v) is 5.30. The van der Waals surface area contributed by atoms with E-state index < -0.39 is 0 Å². The molecule has 4 N–H and O–H groups in total. The van der Waals surface area contributed by atoms with Crippen molar-refractivity contribution in [2.45, 2.75) is 26.8 Å². The van der Waals surface area contributed by atoms with Crippen molar-refractivity contribution < 1.29 is 0 Å². The van der Waals surface area contributed by atoms with Gasteiger partial charge >= 0.3 is 0 Å². The molecule has 0 aliphatic heterocycles. The Kier molecular flexibility index (Phi) is 4.57. The highest BCUT2D eigenvalue weighted by molar-refractivity contribution is 7.10. The molecule has 102 valence electrons. The molecule has 0 amide bonds. The third-order valence-corrected chi connectivity index (χ3v) is 3.72. The van der Waals surface area contributed by atoms with Crippen molar-refractivity contribution in [2.24, 2.45) is 0 Å². The molecule has 0 fully saturated rings. The molecule has 0 radical (unpaired) electrons. The monoisotopic (exact) mass is 277 g/mol. The molecule has 0 saturated heterocycles. The summed E-state index contributed by atoms with van der Waals surface area (Å²) in [4.78, 5) is 9.65. The Morgan fingerprint density at radius 1 is 1.26 bits per heavy atom. The van der Waals surface area contributed by atoms with Crippen LogP contribution in [0.4, 0.5) is 17.6 Å². The van der Waals surface area contributed by atoms with Gasteiger partial charge in [0.15, 0.2) is 0 Å². The molecule has 0 aliphatic carbocycles. The Bertz CT molecular complexity index is 538. The zero-order valence-electron chi connectivity index (χ0n) is 11.2. The molecule has 0 aromatic carbocycles. The molecule has 2 aromatic rings. The minimum absolute atomic E-state index is 0.284. The Balaban J connectivity index is 2.03. The lowest BCUT2D eigenvalue weighted by atomic mass is 10.3. The van der Waals surface area contributed by atoms with Crippen LogP contribution in [-0.4, -0.2) is 16.5 Å². The highest BCUT2D eigenvalue weighted by Crippen LogP contribution is 2.18. The van der Waals surface area contributed by atoms with Crippen molar-refractivity contribution in [2.75, 3.05) is 22.9 Å². The summed E-state index contributed by atoms with van der Waals surface area (Å²) in [7, 11) is 0. The van der Waals surface area contributed by atoms with Crippen molar-refractivity contribution >= 4 is 28.9 Å². The molecule has 0 unspecified atom stereocenters. The smallest absolute Gasteiger partial charge is 0.223 e. The summed E-state index contributed by atoms with van der Waals surface area (Å²) in [6, 6.07) is 4.00. The molecule has 6 heteroatoms. The van der Waals surface area contributed by atoms with E-state index >= 15 is 0 Å². The third kappa shape index (κ3) is 3.82. The Morgan fingerprint density at radius 2 is 2.00 bits per heavy atom. The van der Waals surface area contributed by atoms with Crippen molar-refractivity contribution in [3.05, 3.63) is 28.0 Å². The molecule has 2 rings (SSSR count). The predicted molar refractivity (Wildman–Crippen MR) is 81.6 cm³/mol. The summed E-state index contributed by atoms with van der Waals surface area (Å²) in [6.45, 7) is 5.85. The lowest BCUT2D eigenvalue weighted by Crippen LogP contribution is -2.08. The molecule has 0 aliphatic rings. The maximum atomic E-state index is 5.71. The Hall–Kier alpha value is -1.82. The molecule has 2 heterocycles. The van der Waals surface area contributed by atoms with Crippen LogP contribution in [0.15, 0.2) is 17.5 Å². The number of rotatable bonds is 6. The number of nitrogens with two attached hydrogens (primary N) is 1. The van der Waals surface area contributed by atoms with E-state index in [1.165, 1.54) is 10.4 Å². The Morgan fingerprint density at radius 3 is 2.63 bits per heavy atom. The molecular formula is C13H19N5S. The van der Waals surface area contributed by atoms with Gasteiger partial charge in [-0.25, -0.2) is 0 Å². The summed E-state index contributed by atoms with van der Waals surface area (Å²) in [5.74, 6) is 1.80. The van der Waals surface area contributed by atoms with Crippen LogP contribution in [-0.2, 0) is 6.54 Å². The van der Waals surface area contributed by atoms with Crippen LogP contribution in [0.1, 0.15) is 23.8 Å². The second-order valence-electron chi connectivity index (χ2n) is 4.30. The van der Waals surface area contributed by atoms with E-state index in [9.17, 15) is 0 Å². The van der Waals surface area contributed by atoms with E-state index in [4.69, 9.17) is 5.73 Å². The van der Waals surface area contributed by atoms with Crippen LogP contribution in [0, 0.1) is 6.92 Å². The summed E-state index contributed by atoms with van der Waals surface area (Å²) in [5, 5.41) is 8.59. The highest BCUT2D eigenvalue weighted by Gasteiger charge is 2.04. The SMILES string of the molecule is CCCNc1cc(NCc2sccc2C)nc(N)n1. The second kappa shape index (κ2) is 6.38. The number of nitrogens with zero attached hydrogens (tertiary/aromatic N) is 2. The number of hydrogen-bond donors (Lipinski definition) is 3. The molecule has 0 atom stereocenters. The van der Waals surface area contributed by atoms with Crippen molar-refractivity contribution in [1.29, 1.82) is 0 Å². The minimum atomic E-state index is 0.284. The van der Waals surface area contributed by atoms with Crippen LogP contribution < -0.4 is 16.4 Å². The standard InChI is InChI=1S/C13H19N5S/c1-3-5-15-11-7-12(18-13(14)17-11)16-8-10-9(2)4-6-19-10/h4,6-7H,3,5,8H2,1-2H3,(H4,14,15,16,17,18). The van der Waals surface area contributed by atoms with Crippen LogP contribution in [0.25, 0.3) is 0 Å². The predicted octanol–water partition coefficient (Wildman–Crippen LogP) is 2.86. The fraction of sp³-hybridized carbons (Fsp3) is 0.385. The first-order valence-electron chi connectivity index (χ1n) is 6.34. The molecule has 0 spiro atoms. The van der Waals surface area contributed by atoms with E-state index in [0.717, 1.165) is 31.1 Å². The van der Waals surface area contributed by atoms with Crippen molar-refractivity contribution in [1.82, 2.24) is 9.97 Å². The van der Waals surface area contributed by atoms with Crippen molar-refractivity contribution in [3.63, 3.8) is 0 Å². The van der Waals surface area contributed by atoms with Gasteiger partial charge in [-0.05, 0) is 30.4 Å². The third-order valence-electron chi connectivity index (χ3n) is 2.70. The van der Waals surface area contributed by atoms with Gasteiger partial charge in [-0.15, -0.1) is 11.3 Å². The van der Waals surface area contributed by atoms with Gasteiger partial charge in [0.05, 0.1) is 6.54 Å².